The molecule has 4 nitrogen and oxygen atoms in total. The number of anilines is 1. The molecule has 1 aromatic carbocycles. The van der Waals surface area contributed by atoms with Gasteiger partial charge in [-0.25, -0.2) is 4.39 Å². The van der Waals surface area contributed by atoms with Crippen molar-refractivity contribution < 1.29 is 9.18 Å². The van der Waals surface area contributed by atoms with E-state index in [2.05, 4.69) is 4.90 Å². The molecule has 0 aliphatic carbocycles. The van der Waals surface area contributed by atoms with Crippen molar-refractivity contribution in [1.29, 1.82) is 0 Å². The summed E-state index contributed by atoms with van der Waals surface area (Å²) < 4.78 is 13.2. The van der Waals surface area contributed by atoms with Crippen LogP contribution in [0, 0.1) is 11.7 Å². The van der Waals surface area contributed by atoms with Crippen LogP contribution in [0.4, 0.5) is 10.1 Å². The number of hydrogen-bond acceptors (Lipinski definition) is 3. The number of carbonyl (C=O) groups excluding carboxylic acids is 1. The first-order valence-corrected chi connectivity index (χ1v) is 6.66. The number of primary amides is 1. The Labute approximate surface area is 112 Å². The first-order valence-electron chi connectivity index (χ1n) is 6.66. The molecule has 19 heavy (non-hydrogen) atoms. The van der Waals surface area contributed by atoms with Crippen LogP contribution >= 0.6 is 0 Å². The zero-order valence-corrected chi connectivity index (χ0v) is 10.9. The van der Waals surface area contributed by atoms with Gasteiger partial charge in [0.15, 0.2) is 0 Å². The van der Waals surface area contributed by atoms with Crippen molar-refractivity contribution in [3.8, 4) is 0 Å². The molecule has 0 radical (unpaired) electrons. The minimum Gasteiger partial charge on any atom is -0.371 e. The van der Waals surface area contributed by atoms with Gasteiger partial charge in [-0.05, 0) is 49.9 Å². The maximum atomic E-state index is 13.2. The summed E-state index contributed by atoms with van der Waals surface area (Å²) in [4.78, 5) is 13.5. The summed E-state index contributed by atoms with van der Waals surface area (Å²) in [6.45, 7) is 2.43. The molecular weight excluding hydrogens is 245 g/mol. The van der Waals surface area contributed by atoms with Crippen molar-refractivity contribution in [3.63, 3.8) is 0 Å². The molecule has 1 saturated heterocycles. The fourth-order valence-electron chi connectivity index (χ4n) is 2.68. The van der Waals surface area contributed by atoms with Crippen LogP contribution in [0.2, 0.25) is 0 Å². The van der Waals surface area contributed by atoms with E-state index < -0.39 is 11.7 Å². The number of amides is 1. The summed E-state index contributed by atoms with van der Waals surface area (Å²) in [6, 6.07) is 4.22. The highest BCUT2D eigenvalue weighted by Crippen LogP contribution is 2.27. The van der Waals surface area contributed by atoms with Gasteiger partial charge in [0.2, 0.25) is 0 Å². The van der Waals surface area contributed by atoms with Crippen LogP contribution in [0.3, 0.4) is 0 Å². The minimum absolute atomic E-state index is 0.261. The Morgan fingerprint density at radius 2 is 2.05 bits per heavy atom. The summed E-state index contributed by atoms with van der Waals surface area (Å²) in [6.07, 6.45) is 3.14. The van der Waals surface area contributed by atoms with E-state index in [1.165, 1.54) is 12.1 Å². The topological polar surface area (TPSA) is 72.3 Å². The molecule has 0 unspecified atom stereocenters. The van der Waals surface area contributed by atoms with Crippen LogP contribution in [-0.4, -0.2) is 25.5 Å². The van der Waals surface area contributed by atoms with E-state index in [4.69, 9.17) is 11.5 Å². The molecule has 5 heteroatoms. The van der Waals surface area contributed by atoms with Gasteiger partial charge in [-0.3, -0.25) is 4.79 Å². The first-order chi connectivity index (χ1) is 9.11. The van der Waals surface area contributed by atoms with Crippen molar-refractivity contribution in [2.75, 3.05) is 24.5 Å². The molecule has 0 atom stereocenters. The van der Waals surface area contributed by atoms with Crippen LogP contribution in [0.5, 0.6) is 0 Å². The predicted octanol–water partition coefficient (Wildman–Crippen LogP) is 1.49. The Hall–Kier alpha value is -1.62. The molecule has 1 aliphatic heterocycles. The fraction of sp³-hybridized carbons (Fsp3) is 0.500. The average molecular weight is 265 g/mol. The minimum atomic E-state index is -0.585. The maximum Gasteiger partial charge on any atom is 0.250 e. The fourth-order valence-corrected chi connectivity index (χ4v) is 2.68. The van der Waals surface area contributed by atoms with Crippen LogP contribution in [0.1, 0.15) is 29.6 Å². The monoisotopic (exact) mass is 265 g/mol. The first kappa shape index (κ1) is 13.8. The Balaban J connectivity index is 2.13. The Bertz CT molecular complexity index is 456. The van der Waals surface area contributed by atoms with Crippen molar-refractivity contribution in [2.45, 2.75) is 19.3 Å². The second-order valence-corrected chi connectivity index (χ2v) is 5.03. The number of nitrogens with zero attached hydrogens (tertiary/aromatic N) is 1. The zero-order valence-electron chi connectivity index (χ0n) is 10.9. The predicted molar refractivity (Wildman–Crippen MR) is 73.5 cm³/mol. The summed E-state index contributed by atoms with van der Waals surface area (Å²) in [5.41, 5.74) is 11.9. The van der Waals surface area contributed by atoms with Gasteiger partial charge >= 0.3 is 0 Å². The lowest BCUT2D eigenvalue weighted by Gasteiger charge is -2.34. The molecule has 1 heterocycles. The van der Waals surface area contributed by atoms with Gasteiger partial charge in [0.05, 0.1) is 5.56 Å². The highest BCUT2D eigenvalue weighted by Gasteiger charge is 2.22. The number of benzene rings is 1. The zero-order chi connectivity index (χ0) is 13.8. The lowest BCUT2D eigenvalue weighted by atomic mass is 9.93. The van der Waals surface area contributed by atoms with Gasteiger partial charge in [-0.1, -0.05) is 0 Å². The Morgan fingerprint density at radius 3 is 2.63 bits per heavy atom. The number of piperidine rings is 1. The molecule has 0 saturated carbocycles. The van der Waals surface area contributed by atoms with Crippen molar-refractivity contribution >= 4 is 11.6 Å². The third-order valence-electron chi connectivity index (χ3n) is 3.75. The molecule has 2 rings (SSSR count). The van der Waals surface area contributed by atoms with Gasteiger partial charge in [0.25, 0.3) is 5.91 Å². The van der Waals surface area contributed by atoms with E-state index in [-0.39, 0.29) is 5.56 Å². The normalized spacial score (nSPS) is 16.6. The summed E-state index contributed by atoms with van der Waals surface area (Å²) in [7, 11) is 0. The number of nitrogens with two attached hydrogens (primary N) is 2. The molecule has 0 spiro atoms. The molecule has 1 amide bonds. The second kappa shape index (κ2) is 6.02. The van der Waals surface area contributed by atoms with Crippen LogP contribution < -0.4 is 16.4 Å². The van der Waals surface area contributed by atoms with Gasteiger partial charge in [-0.2, -0.15) is 0 Å². The standard InChI is InChI=1S/C14H20FN3O/c15-11-1-2-13(12(9-11)14(17)19)18-7-4-10(3-6-16)5-8-18/h1-2,9-10H,3-8,16H2,(H2,17,19). The molecular formula is C14H20FN3O. The summed E-state index contributed by atoms with van der Waals surface area (Å²) in [5.74, 6) is -0.368. The van der Waals surface area contributed by atoms with Crippen molar-refractivity contribution in [2.24, 2.45) is 17.4 Å². The summed E-state index contributed by atoms with van der Waals surface area (Å²) in [5, 5.41) is 0. The lowest BCUT2D eigenvalue weighted by molar-refractivity contribution is 0.1000. The van der Waals surface area contributed by atoms with Crippen LogP contribution in [0.15, 0.2) is 18.2 Å². The third-order valence-corrected chi connectivity index (χ3v) is 3.75. The molecule has 0 bridgehead atoms. The quantitative estimate of drug-likeness (QED) is 0.866. The van der Waals surface area contributed by atoms with E-state index >= 15 is 0 Å². The van der Waals surface area contributed by atoms with Crippen molar-refractivity contribution in [1.82, 2.24) is 0 Å². The second-order valence-electron chi connectivity index (χ2n) is 5.03. The number of rotatable bonds is 4. The number of carbonyl (C=O) groups is 1. The maximum absolute atomic E-state index is 13.2. The van der Waals surface area contributed by atoms with E-state index in [0.29, 0.717) is 12.5 Å². The molecule has 0 aromatic heterocycles. The van der Waals surface area contributed by atoms with Crippen LogP contribution in [-0.2, 0) is 0 Å². The van der Waals surface area contributed by atoms with Gasteiger partial charge in [-0.15, -0.1) is 0 Å². The molecule has 1 aliphatic rings. The van der Waals surface area contributed by atoms with Gasteiger partial charge in [0, 0.05) is 18.8 Å². The van der Waals surface area contributed by atoms with Gasteiger partial charge < -0.3 is 16.4 Å². The number of hydrogen-bond donors (Lipinski definition) is 2. The van der Waals surface area contributed by atoms with E-state index in [1.807, 2.05) is 0 Å². The highest BCUT2D eigenvalue weighted by atomic mass is 19.1. The molecule has 4 N–H and O–H groups in total. The lowest BCUT2D eigenvalue weighted by Crippen LogP contribution is -2.35. The SMILES string of the molecule is NCCC1CCN(c2ccc(F)cc2C(N)=O)CC1. The molecule has 104 valence electrons. The van der Waals surface area contributed by atoms with E-state index in [1.54, 1.807) is 6.07 Å². The average Bonchev–Trinajstić information content (AvgIpc) is 2.40. The third kappa shape index (κ3) is 3.23. The van der Waals surface area contributed by atoms with E-state index in [0.717, 1.165) is 38.0 Å². The molecule has 1 fully saturated rings. The smallest absolute Gasteiger partial charge is 0.250 e. The number of halogens is 1. The van der Waals surface area contributed by atoms with Crippen LogP contribution in [0.25, 0.3) is 0 Å². The van der Waals surface area contributed by atoms with E-state index in [9.17, 15) is 9.18 Å². The Morgan fingerprint density at radius 1 is 1.37 bits per heavy atom. The molecule has 1 aromatic rings. The van der Waals surface area contributed by atoms with Gasteiger partial charge in [0.1, 0.15) is 5.82 Å². The Kier molecular flexibility index (Phi) is 4.37. The summed E-state index contributed by atoms with van der Waals surface area (Å²) >= 11 is 0. The highest BCUT2D eigenvalue weighted by molar-refractivity contribution is 5.98. The van der Waals surface area contributed by atoms with Crippen molar-refractivity contribution in [3.05, 3.63) is 29.6 Å². The largest absolute Gasteiger partial charge is 0.371 e.